The summed E-state index contributed by atoms with van der Waals surface area (Å²) in [5.74, 6) is 0.0139. The molecule has 0 saturated heterocycles. The van der Waals surface area contributed by atoms with Gasteiger partial charge in [0.25, 0.3) is 0 Å². The number of amides is 1. The molecule has 0 fully saturated rings. The molecular weight excluding hydrogens is 240 g/mol. The summed E-state index contributed by atoms with van der Waals surface area (Å²) in [7, 11) is 0. The van der Waals surface area contributed by atoms with E-state index in [4.69, 9.17) is 4.42 Å². The van der Waals surface area contributed by atoms with E-state index < -0.39 is 0 Å². The Bertz CT molecular complexity index is 535. The third-order valence-corrected chi connectivity index (χ3v) is 2.89. The molecule has 19 heavy (non-hydrogen) atoms. The summed E-state index contributed by atoms with van der Waals surface area (Å²) in [6.07, 6.45) is 3.86. The van der Waals surface area contributed by atoms with E-state index in [1.165, 1.54) is 0 Å². The average molecular weight is 258 g/mol. The van der Waals surface area contributed by atoms with Crippen LogP contribution < -0.4 is 10.6 Å². The molecule has 0 bridgehead atoms. The van der Waals surface area contributed by atoms with E-state index in [9.17, 15) is 4.79 Å². The van der Waals surface area contributed by atoms with Crippen molar-refractivity contribution < 1.29 is 9.21 Å². The molecule has 1 aromatic carbocycles. The molecule has 0 radical (unpaired) electrons. The molecule has 0 spiro atoms. The fourth-order valence-electron chi connectivity index (χ4n) is 1.79. The van der Waals surface area contributed by atoms with Crippen molar-refractivity contribution in [1.82, 2.24) is 0 Å². The van der Waals surface area contributed by atoms with Gasteiger partial charge in [-0.05, 0) is 31.2 Å². The molecule has 1 aromatic heterocycles. The van der Waals surface area contributed by atoms with Gasteiger partial charge >= 0.3 is 0 Å². The van der Waals surface area contributed by atoms with Crippen LogP contribution in [0.15, 0.2) is 47.3 Å². The number of carbonyl (C=O) groups is 1. The first-order valence-electron chi connectivity index (χ1n) is 6.37. The van der Waals surface area contributed by atoms with E-state index >= 15 is 0 Å². The standard InChI is InChI=1S/C15H18N2O2/c1-3-15(18)17-14-6-4-5-13(9-14)16-11(2)12-7-8-19-10-12/h4-11,16H,3H2,1-2H3,(H,17,18). The fourth-order valence-corrected chi connectivity index (χ4v) is 1.79. The molecule has 2 aromatic rings. The number of anilines is 2. The van der Waals surface area contributed by atoms with Gasteiger partial charge in [-0.15, -0.1) is 0 Å². The largest absolute Gasteiger partial charge is 0.472 e. The molecule has 100 valence electrons. The normalized spacial score (nSPS) is 11.9. The highest BCUT2D eigenvalue weighted by atomic mass is 16.3. The molecule has 1 amide bonds. The third-order valence-electron chi connectivity index (χ3n) is 2.89. The summed E-state index contributed by atoms with van der Waals surface area (Å²) < 4.78 is 5.07. The van der Waals surface area contributed by atoms with Crippen molar-refractivity contribution in [2.24, 2.45) is 0 Å². The van der Waals surface area contributed by atoms with Crippen molar-refractivity contribution in [3.8, 4) is 0 Å². The van der Waals surface area contributed by atoms with E-state index in [0.717, 1.165) is 16.9 Å². The van der Waals surface area contributed by atoms with Crippen molar-refractivity contribution in [2.45, 2.75) is 26.3 Å². The molecule has 1 heterocycles. The minimum atomic E-state index is 0.0139. The van der Waals surface area contributed by atoms with Crippen LogP contribution in [0.25, 0.3) is 0 Å². The third kappa shape index (κ3) is 3.61. The van der Waals surface area contributed by atoms with Crippen LogP contribution in [0, 0.1) is 0 Å². The summed E-state index contributed by atoms with van der Waals surface area (Å²) in [5.41, 5.74) is 2.85. The summed E-state index contributed by atoms with van der Waals surface area (Å²) in [5, 5.41) is 6.21. The van der Waals surface area contributed by atoms with Crippen molar-refractivity contribution in [1.29, 1.82) is 0 Å². The van der Waals surface area contributed by atoms with Gasteiger partial charge in [0.1, 0.15) is 0 Å². The van der Waals surface area contributed by atoms with Gasteiger partial charge in [-0.25, -0.2) is 0 Å². The predicted octanol–water partition coefficient (Wildman–Crippen LogP) is 3.80. The minimum absolute atomic E-state index is 0.0139. The second-order valence-corrected chi connectivity index (χ2v) is 4.41. The lowest BCUT2D eigenvalue weighted by atomic mass is 10.1. The van der Waals surface area contributed by atoms with Gasteiger partial charge in [0.15, 0.2) is 0 Å². The van der Waals surface area contributed by atoms with E-state index in [-0.39, 0.29) is 11.9 Å². The first kappa shape index (κ1) is 13.2. The highest BCUT2D eigenvalue weighted by Gasteiger charge is 2.07. The molecule has 0 aliphatic rings. The molecule has 1 unspecified atom stereocenters. The Morgan fingerprint density at radius 3 is 2.79 bits per heavy atom. The number of rotatable bonds is 5. The average Bonchev–Trinajstić information content (AvgIpc) is 2.93. The summed E-state index contributed by atoms with van der Waals surface area (Å²) in [6.45, 7) is 3.89. The Morgan fingerprint density at radius 1 is 1.32 bits per heavy atom. The van der Waals surface area contributed by atoms with Crippen LogP contribution in [-0.4, -0.2) is 5.91 Å². The highest BCUT2D eigenvalue weighted by Crippen LogP contribution is 2.22. The summed E-state index contributed by atoms with van der Waals surface area (Å²) in [6, 6.07) is 9.76. The lowest BCUT2D eigenvalue weighted by Crippen LogP contribution is -2.10. The summed E-state index contributed by atoms with van der Waals surface area (Å²) >= 11 is 0. The Hall–Kier alpha value is -2.23. The van der Waals surface area contributed by atoms with Crippen molar-refractivity contribution >= 4 is 17.3 Å². The Kier molecular flexibility index (Phi) is 4.23. The van der Waals surface area contributed by atoms with Crippen LogP contribution in [-0.2, 0) is 4.79 Å². The van der Waals surface area contributed by atoms with Gasteiger partial charge in [-0.1, -0.05) is 13.0 Å². The van der Waals surface area contributed by atoms with E-state index in [1.54, 1.807) is 12.5 Å². The highest BCUT2D eigenvalue weighted by molar-refractivity contribution is 5.90. The number of nitrogens with one attached hydrogen (secondary N) is 2. The number of hydrogen-bond acceptors (Lipinski definition) is 3. The maximum Gasteiger partial charge on any atom is 0.224 e. The molecule has 2 rings (SSSR count). The van der Waals surface area contributed by atoms with Gasteiger partial charge in [-0.3, -0.25) is 4.79 Å². The second kappa shape index (κ2) is 6.09. The van der Waals surface area contributed by atoms with Crippen molar-refractivity contribution in [3.05, 3.63) is 48.4 Å². The minimum Gasteiger partial charge on any atom is -0.472 e. The van der Waals surface area contributed by atoms with Crippen molar-refractivity contribution in [2.75, 3.05) is 10.6 Å². The Balaban J connectivity index is 2.04. The number of furan rings is 1. The zero-order valence-electron chi connectivity index (χ0n) is 11.1. The van der Waals surface area contributed by atoms with Crippen LogP contribution in [0.4, 0.5) is 11.4 Å². The van der Waals surface area contributed by atoms with Gasteiger partial charge in [0.2, 0.25) is 5.91 Å². The van der Waals surface area contributed by atoms with Gasteiger partial charge in [0, 0.05) is 23.4 Å². The SMILES string of the molecule is CCC(=O)Nc1cccc(NC(C)c2ccoc2)c1. The van der Waals surface area contributed by atoms with Crippen LogP contribution in [0.3, 0.4) is 0 Å². The lowest BCUT2D eigenvalue weighted by molar-refractivity contribution is -0.115. The molecule has 0 aliphatic carbocycles. The molecule has 0 saturated carbocycles. The zero-order valence-corrected chi connectivity index (χ0v) is 11.1. The summed E-state index contributed by atoms with van der Waals surface area (Å²) in [4.78, 5) is 11.4. The maximum atomic E-state index is 11.4. The topological polar surface area (TPSA) is 54.3 Å². The fraction of sp³-hybridized carbons (Fsp3) is 0.267. The van der Waals surface area contributed by atoms with E-state index in [2.05, 4.69) is 17.6 Å². The Labute approximate surface area is 112 Å². The van der Waals surface area contributed by atoms with Crippen molar-refractivity contribution in [3.63, 3.8) is 0 Å². The van der Waals surface area contributed by atoms with Gasteiger partial charge in [0.05, 0.1) is 18.6 Å². The monoisotopic (exact) mass is 258 g/mol. The zero-order chi connectivity index (χ0) is 13.7. The van der Waals surface area contributed by atoms with E-state index in [1.807, 2.05) is 37.3 Å². The second-order valence-electron chi connectivity index (χ2n) is 4.41. The van der Waals surface area contributed by atoms with Crippen LogP contribution in [0.5, 0.6) is 0 Å². The number of hydrogen-bond donors (Lipinski definition) is 2. The molecule has 2 N–H and O–H groups in total. The number of carbonyl (C=O) groups excluding carboxylic acids is 1. The first-order chi connectivity index (χ1) is 9.19. The first-order valence-corrected chi connectivity index (χ1v) is 6.37. The number of benzene rings is 1. The molecule has 4 heteroatoms. The molecule has 4 nitrogen and oxygen atoms in total. The lowest BCUT2D eigenvalue weighted by Gasteiger charge is -2.14. The Morgan fingerprint density at radius 2 is 2.11 bits per heavy atom. The van der Waals surface area contributed by atoms with Crippen LogP contribution >= 0.6 is 0 Å². The van der Waals surface area contributed by atoms with Crippen LogP contribution in [0.2, 0.25) is 0 Å². The molecular formula is C15H18N2O2. The quantitative estimate of drug-likeness (QED) is 0.857. The van der Waals surface area contributed by atoms with Gasteiger partial charge < -0.3 is 15.1 Å². The van der Waals surface area contributed by atoms with Crippen LogP contribution in [0.1, 0.15) is 31.9 Å². The maximum absolute atomic E-state index is 11.4. The van der Waals surface area contributed by atoms with E-state index in [0.29, 0.717) is 6.42 Å². The molecule has 1 atom stereocenters. The van der Waals surface area contributed by atoms with Gasteiger partial charge in [-0.2, -0.15) is 0 Å². The predicted molar refractivity (Wildman–Crippen MR) is 76.1 cm³/mol. The smallest absolute Gasteiger partial charge is 0.224 e. The molecule has 0 aliphatic heterocycles.